The molecule has 1 aromatic rings. The van der Waals surface area contributed by atoms with Crippen LogP contribution in [0.25, 0.3) is 0 Å². The average molecular weight is 352 g/mol. The summed E-state index contributed by atoms with van der Waals surface area (Å²) in [6.07, 6.45) is 2.73. The summed E-state index contributed by atoms with van der Waals surface area (Å²) in [6, 6.07) is 0.294. The summed E-state index contributed by atoms with van der Waals surface area (Å²) in [5.41, 5.74) is 0. The molecule has 3 rings (SSSR count). The van der Waals surface area contributed by atoms with Crippen molar-refractivity contribution in [2.24, 2.45) is 11.8 Å². The van der Waals surface area contributed by atoms with Gasteiger partial charge in [-0.05, 0) is 32.1 Å². The Hall–Kier alpha value is -1.96. The lowest BCUT2D eigenvalue weighted by Gasteiger charge is -2.37. The van der Waals surface area contributed by atoms with Crippen LogP contribution in [-0.2, 0) is 20.9 Å². The number of aromatic nitrogens is 3. The van der Waals surface area contributed by atoms with Crippen molar-refractivity contribution >= 4 is 12.4 Å². The maximum Gasteiger partial charge on any atom is 0.290 e. The number of ether oxygens (including phenoxy) is 1. The predicted molar refractivity (Wildman–Crippen MR) is 90.9 cm³/mol. The number of amides is 1. The number of carbonyl (C=O) groups excluding carboxylic acids is 1. The Morgan fingerprint density at radius 1 is 1.36 bits per heavy atom. The second-order valence-electron chi connectivity index (χ2n) is 7.03. The van der Waals surface area contributed by atoms with Crippen molar-refractivity contribution < 1.29 is 19.4 Å². The van der Waals surface area contributed by atoms with Crippen LogP contribution in [0, 0.1) is 18.8 Å². The largest absolute Gasteiger partial charge is 0.483 e. The number of carbonyl (C=O) groups is 2. The minimum absolute atomic E-state index is 0.115. The van der Waals surface area contributed by atoms with Gasteiger partial charge in [0.2, 0.25) is 5.91 Å². The molecule has 0 radical (unpaired) electrons. The zero-order valence-electron chi connectivity index (χ0n) is 15.2. The third kappa shape index (κ3) is 4.78. The van der Waals surface area contributed by atoms with E-state index in [4.69, 9.17) is 14.6 Å². The molecule has 1 aromatic heterocycles. The molecular weight excluding hydrogens is 324 g/mol. The third-order valence-electron chi connectivity index (χ3n) is 4.69. The first-order valence-corrected chi connectivity index (χ1v) is 8.82. The highest BCUT2D eigenvalue weighted by atomic mass is 16.5. The molecule has 2 aliphatic rings. The first kappa shape index (κ1) is 19.4. The van der Waals surface area contributed by atoms with Crippen LogP contribution >= 0.6 is 0 Å². The van der Waals surface area contributed by atoms with Crippen LogP contribution in [0.15, 0.2) is 0 Å². The Labute approximate surface area is 148 Å². The van der Waals surface area contributed by atoms with Crippen molar-refractivity contribution in [1.82, 2.24) is 19.7 Å². The lowest BCUT2D eigenvalue weighted by molar-refractivity contribution is -0.140. The third-order valence-corrected chi connectivity index (χ3v) is 4.69. The number of fused-ring (bicyclic) bond motifs is 1. The molecule has 0 spiro atoms. The molecular formula is C17H28N4O4. The van der Waals surface area contributed by atoms with Gasteiger partial charge in [-0.15, -0.1) is 10.2 Å². The van der Waals surface area contributed by atoms with E-state index in [1.165, 1.54) is 0 Å². The minimum Gasteiger partial charge on any atom is -0.483 e. The van der Waals surface area contributed by atoms with Crippen molar-refractivity contribution in [1.29, 1.82) is 0 Å². The molecule has 140 valence electrons. The molecule has 1 saturated heterocycles. The highest BCUT2D eigenvalue weighted by molar-refractivity contribution is 5.79. The van der Waals surface area contributed by atoms with Crippen LogP contribution in [0.3, 0.4) is 0 Å². The topological polar surface area (TPSA) is 97.5 Å². The molecule has 0 aromatic carbocycles. The molecule has 8 heteroatoms. The zero-order chi connectivity index (χ0) is 18.4. The summed E-state index contributed by atoms with van der Waals surface area (Å²) in [5, 5.41) is 15.4. The highest BCUT2D eigenvalue weighted by Crippen LogP contribution is 2.29. The Bertz CT molecular complexity index is 581. The molecule has 25 heavy (non-hydrogen) atoms. The molecule has 0 aliphatic carbocycles. The van der Waals surface area contributed by atoms with Gasteiger partial charge in [-0.3, -0.25) is 9.59 Å². The van der Waals surface area contributed by atoms with Crippen molar-refractivity contribution in [3.63, 3.8) is 0 Å². The SMILES string of the molecule is Cc1nnc2n1[C@@H](CC(C)C)CN(C(=O)C1CCOCC1)C2.O=CO. The van der Waals surface area contributed by atoms with Gasteiger partial charge in [0, 0.05) is 25.7 Å². The number of hydrogen-bond acceptors (Lipinski definition) is 5. The van der Waals surface area contributed by atoms with Gasteiger partial charge in [0.25, 0.3) is 6.47 Å². The van der Waals surface area contributed by atoms with Crippen LogP contribution in [0.2, 0.25) is 0 Å². The Morgan fingerprint density at radius 3 is 2.60 bits per heavy atom. The molecule has 0 unspecified atom stereocenters. The summed E-state index contributed by atoms with van der Waals surface area (Å²) in [6.45, 7) is 8.97. The molecule has 1 atom stereocenters. The van der Waals surface area contributed by atoms with E-state index in [2.05, 4.69) is 28.6 Å². The van der Waals surface area contributed by atoms with Gasteiger partial charge in [-0.25, -0.2) is 0 Å². The van der Waals surface area contributed by atoms with E-state index in [0.29, 0.717) is 31.7 Å². The van der Waals surface area contributed by atoms with Gasteiger partial charge in [-0.2, -0.15) is 0 Å². The van der Waals surface area contributed by atoms with Crippen LogP contribution in [0.1, 0.15) is 50.8 Å². The number of nitrogens with zero attached hydrogens (tertiary/aromatic N) is 4. The van der Waals surface area contributed by atoms with Gasteiger partial charge >= 0.3 is 0 Å². The molecule has 1 amide bonds. The number of hydrogen-bond donors (Lipinski definition) is 1. The fourth-order valence-electron chi connectivity index (χ4n) is 3.66. The van der Waals surface area contributed by atoms with Crippen molar-refractivity contribution in [3.8, 4) is 0 Å². The van der Waals surface area contributed by atoms with Crippen molar-refractivity contribution in [2.75, 3.05) is 19.8 Å². The van der Waals surface area contributed by atoms with E-state index in [-0.39, 0.29) is 18.3 Å². The van der Waals surface area contributed by atoms with Gasteiger partial charge in [-0.1, -0.05) is 13.8 Å². The molecule has 1 N–H and O–H groups in total. The van der Waals surface area contributed by atoms with Crippen LogP contribution in [0.4, 0.5) is 0 Å². The Morgan fingerprint density at radius 2 is 2.00 bits per heavy atom. The second kappa shape index (κ2) is 8.94. The maximum absolute atomic E-state index is 12.8. The lowest BCUT2D eigenvalue weighted by Crippen LogP contribution is -2.45. The Kier molecular flexibility index (Phi) is 6.92. The fourth-order valence-corrected chi connectivity index (χ4v) is 3.66. The molecule has 0 bridgehead atoms. The van der Waals surface area contributed by atoms with E-state index >= 15 is 0 Å². The van der Waals surface area contributed by atoms with Gasteiger partial charge in [0.1, 0.15) is 5.82 Å². The summed E-state index contributed by atoms with van der Waals surface area (Å²) in [4.78, 5) is 23.2. The first-order valence-electron chi connectivity index (χ1n) is 8.82. The summed E-state index contributed by atoms with van der Waals surface area (Å²) < 4.78 is 7.60. The monoisotopic (exact) mass is 352 g/mol. The number of aryl methyl sites for hydroxylation is 1. The molecule has 2 aliphatic heterocycles. The van der Waals surface area contributed by atoms with E-state index < -0.39 is 0 Å². The molecule has 3 heterocycles. The number of rotatable bonds is 3. The van der Waals surface area contributed by atoms with E-state index in [1.807, 2.05) is 11.8 Å². The quantitative estimate of drug-likeness (QED) is 0.831. The first-order chi connectivity index (χ1) is 12.0. The van der Waals surface area contributed by atoms with Crippen molar-refractivity contribution in [2.45, 2.75) is 52.6 Å². The Balaban J connectivity index is 0.000000701. The fraction of sp³-hybridized carbons (Fsp3) is 0.765. The predicted octanol–water partition coefficient (Wildman–Crippen LogP) is 1.64. The second-order valence-corrected chi connectivity index (χ2v) is 7.03. The highest BCUT2D eigenvalue weighted by Gasteiger charge is 2.34. The van der Waals surface area contributed by atoms with Gasteiger partial charge in [0.05, 0.1) is 12.6 Å². The molecule has 1 fully saturated rings. The van der Waals surface area contributed by atoms with Crippen LogP contribution < -0.4 is 0 Å². The molecule has 0 saturated carbocycles. The standard InChI is InChI=1S/C16H26N4O2.CH2O2/c1-11(2)8-14-9-19(10-15-18-17-12(3)20(14)15)16(21)13-4-6-22-7-5-13;2-1-3/h11,13-14H,4-10H2,1-3H3;1H,(H,2,3)/t14-;/m0./s1. The summed E-state index contributed by atoms with van der Waals surface area (Å²) >= 11 is 0. The summed E-state index contributed by atoms with van der Waals surface area (Å²) in [5.74, 6) is 2.85. The van der Waals surface area contributed by atoms with Crippen LogP contribution in [0.5, 0.6) is 0 Å². The van der Waals surface area contributed by atoms with Crippen molar-refractivity contribution in [3.05, 3.63) is 11.6 Å². The van der Waals surface area contributed by atoms with E-state index in [9.17, 15) is 4.79 Å². The minimum atomic E-state index is -0.250. The maximum atomic E-state index is 12.8. The van der Waals surface area contributed by atoms with Gasteiger partial charge in [0.15, 0.2) is 5.82 Å². The smallest absolute Gasteiger partial charge is 0.290 e. The average Bonchev–Trinajstić information content (AvgIpc) is 2.96. The van der Waals surface area contributed by atoms with E-state index in [0.717, 1.165) is 37.5 Å². The normalized spacial score (nSPS) is 20.6. The number of carboxylic acid groups (broad SMARTS) is 1. The zero-order valence-corrected chi connectivity index (χ0v) is 15.2. The van der Waals surface area contributed by atoms with Gasteiger partial charge < -0.3 is 19.3 Å². The van der Waals surface area contributed by atoms with Crippen LogP contribution in [-0.4, -0.2) is 56.9 Å². The van der Waals surface area contributed by atoms with E-state index in [1.54, 1.807) is 0 Å². The lowest BCUT2D eigenvalue weighted by atomic mass is 9.96. The molecule has 8 nitrogen and oxygen atoms in total. The summed E-state index contributed by atoms with van der Waals surface area (Å²) in [7, 11) is 0.